The van der Waals surface area contributed by atoms with E-state index in [0.29, 0.717) is 17.4 Å². The number of thiazole rings is 1. The molecule has 0 saturated carbocycles. The zero-order valence-electron chi connectivity index (χ0n) is 10.7. The largest absolute Gasteiger partial charge is 0.340 e. The summed E-state index contributed by atoms with van der Waals surface area (Å²) in [5, 5.41) is 7.53. The van der Waals surface area contributed by atoms with Crippen LogP contribution in [0.15, 0.2) is 12.7 Å². The summed E-state index contributed by atoms with van der Waals surface area (Å²) in [7, 11) is 0. The molecule has 9 heteroatoms. The first kappa shape index (κ1) is 11.3. The van der Waals surface area contributed by atoms with E-state index >= 15 is 0 Å². The molecule has 0 amide bonds. The van der Waals surface area contributed by atoms with Gasteiger partial charge in [-0.05, 0) is 13.8 Å². The zero-order chi connectivity index (χ0) is 13.7. The molecule has 100 valence electrons. The molecule has 0 spiro atoms. The number of aromatic amines is 1. The van der Waals surface area contributed by atoms with Crippen molar-refractivity contribution in [1.82, 2.24) is 34.5 Å². The van der Waals surface area contributed by atoms with E-state index in [1.54, 1.807) is 17.7 Å². The highest BCUT2D eigenvalue weighted by molar-refractivity contribution is 7.17. The maximum atomic E-state index is 4.45. The monoisotopic (exact) mass is 286 g/mol. The minimum Gasteiger partial charge on any atom is -0.340 e. The van der Waals surface area contributed by atoms with Crippen molar-refractivity contribution in [2.24, 2.45) is 0 Å². The summed E-state index contributed by atoms with van der Waals surface area (Å²) in [6.45, 7) is 4.08. The van der Waals surface area contributed by atoms with Crippen LogP contribution in [0.3, 0.4) is 0 Å². The van der Waals surface area contributed by atoms with Crippen LogP contribution in [-0.4, -0.2) is 34.5 Å². The Morgan fingerprint density at radius 2 is 2.15 bits per heavy atom. The summed E-state index contributed by atoms with van der Waals surface area (Å²) in [6.07, 6.45) is 3.04. The molecule has 0 fully saturated rings. The molecular formula is C11H10N8S. The number of aryl methyl sites for hydroxylation is 2. The van der Waals surface area contributed by atoms with Gasteiger partial charge in [-0.2, -0.15) is 4.98 Å². The van der Waals surface area contributed by atoms with E-state index in [9.17, 15) is 0 Å². The van der Waals surface area contributed by atoms with Crippen molar-refractivity contribution in [2.45, 2.75) is 13.8 Å². The molecule has 4 aromatic rings. The number of fused-ring (bicyclic) bond motifs is 2. The molecule has 0 aromatic carbocycles. The third-order valence-electron chi connectivity index (χ3n) is 3.10. The lowest BCUT2D eigenvalue weighted by molar-refractivity contribution is 0.927. The van der Waals surface area contributed by atoms with E-state index in [4.69, 9.17) is 0 Å². The summed E-state index contributed by atoms with van der Waals surface area (Å²) in [4.78, 5) is 21.9. The Hall–Kier alpha value is -2.55. The van der Waals surface area contributed by atoms with Crippen LogP contribution < -0.4 is 5.32 Å². The SMILES string of the molecule is Cc1sc2nc(Nc3ncnc4nc[nH]c34)nn2c1C. The van der Waals surface area contributed by atoms with Crippen molar-refractivity contribution in [3.8, 4) is 0 Å². The van der Waals surface area contributed by atoms with Crippen molar-refractivity contribution in [2.75, 3.05) is 5.32 Å². The first-order chi connectivity index (χ1) is 9.72. The van der Waals surface area contributed by atoms with Gasteiger partial charge in [-0.15, -0.1) is 5.10 Å². The summed E-state index contributed by atoms with van der Waals surface area (Å²) >= 11 is 1.61. The summed E-state index contributed by atoms with van der Waals surface area (Å²) in [6, 6.07) is 0. The van der Waals surface area contributed by atoms with Crippen molar-refractivity contribution in [1.29, 1.82) is 0 Å². The number of hydrogen-bond acceptors (Lipinski definition) is 7. The molecule has 2 N–H and O–H groups in total. The van der Waals surface area contributed by atoms with Gasteiger partial charge in [0.2, 0.25) is 10.9 Å². The van der Waals surface area contributed by atoms with E-state index in [2.05, 4.69) is 42.3 Å². The zero-order valence-corrected chi connectivity index (χ0v) is 11.6. The van der Waals surface area contributed by atoms with E-state index in [1.807, 2.05) is 11.4 Å². The minimum atomic E-state index is 0.508. The third-order valence-corrected chi connectivity index (χ3v) is 4.15. The highest BCUT2D eigenvalue weighted by Crippen LogP contribution is 2.23. The summed E-state index contributed by atoms with van der Waals surface area (Å²) in [5.41, 5.74) is 2.44. The van der Waals surface area contributed by atoms with Crippen LogP contribution in [0.1, 0.15) is 10.6 Å². The second kappa shape index (κ2) is 3.97. The highest BCUT2D eigenvalue weighted by atomic mass is 32.1. The lowest BCUT2D eigenvalue weighted by Crippen LogP contribution is -1.98. The van der Waals surface area contributed by atoms with Gasteiger partial charge in [-0.25, -0.2) is 19.5 Å². The van der Waals surface area contributed by atoms with Crippen LogP contribution in [0.2, 0.25) is 0 Å². The number of nitrogens with zero attached hydrogens (tertiary/aromatic N) is 6. The van der Waals surface area contributed by atoms with E-state index in [0.717, 1.165) is 16.2 Å². The Bertz CT molecular complexity index is 917. The normalized spacial score (nSPS) is 11.5. The van der Waals surface area contributed by atoms with Crippen LogP contribution in [0, 0.1) is 13.8 Å². The fourth-order valence-electron chi connectivity index (χ4n) is 1.96. The summed E-state index contributed by atoms with van der Waals surface area (Å²) < 4.78 is 1.83. The Morgan fingerprint density at radius 3 is 3.00 bits per heavy atom. The molecule has 0 atom stereocenters. The Balaban J connectivity index is 1.78. The van der Waals surface area contributed by atoms with Gasteiger partial charge in [-0.3, -0.25) is 0 Å². The van der Waals surface area contributed by atoms with E-state index in [-0.39, 0.29) is 0 Å². The molecule has 0 unspecified atom stereocenters. The Morgan fingerprint density at radius 1 is 1.25 bits per heavy atom. The van der Waals surface area contributed by atoms with Crippen LogP contribution in [0.25, 0.3) is 16.1 Å². The molecule has 4 heterocycles. The quantitative estimate of drug-likeness (QED) is 0.583. The second-order valence-electron chi connectivity index (χ2n) is 4.32. The smallest absolute Gasteiger partial charge is 0.249 e. The van der Waals surface area contributed by atoms with Crippen LogP contribution in [-0.2, 0) is 0 Å². The van der Waals surface area contributed by atoms with Gasteiger partial charge in [0.05, 0.1) is 12.0 Å². The van der Waals surface area contributed by atoms with Crippen LogP contribution in [0.5, 0.6) is 0 Å². The maximum Gasteiger partial charge on any atom is 0.249 e. The fourth-order valence-corrected chi connectivity index (χ4v) is 2.87. The molecule has 0 aliphatic carbocycles. The Labute approximate surface area is 116 Å². The number of anilines is 2. The average Bonchev–Trinajstić information content (AvgIpc) is 3.10. The van der Waals surface area contributed by atoms with Crippen molar-refractivity contribution in [3.63, 3.8) is 0 Å². The topological polar surface area (TPSA) is 96.7 Å². The first-order valence-corrected chi connectivity index (χ1v) is 6.78. The van der Waals surface area contributed by atoms with Gasteiger partial charge in [-0.1, -0.05) is 11.3 Å². The molecule has 8 nitrogen and oxygen atoms in total. The van der Waals surface area contributed by atoms with Gasteiger partial charge >= 0.3 is 0 Å². The second-order valence-corrected chi connectivity index (χ2v) is 5.50. The molecule has 0 aliphatic rings. The highest BCUT2D eigenvalue weighted by Gasteiger charge is 2.12. The lowest BCUT2D eigenvalue weighted by atomic mass is 10.4. The van der Waals surface area contributed by atoms with Crippen molar-refractivity contribution in [3.05, 3.63) is 23.2 Å². The standard InChI is InChI=1S/C11H10N8S/c1-5-6(2)20-11-17-10(18-19(5)11)16-9-7-8(13-3-12-7)14-4-15-9/h3-4H,1-2H3,(H2,12,13,14,15,16,18). The number of aromatic nitrogens is 7. The third kappa shape index (κ3) is 1.56. The minimum absolute atomic E-state index is 0.508. The molecule has 4 rings (SSSR count). The Kier molecular flexibility index (Phi) is 2.24. The molecular weight excluding hydrogens is 276 g/mol. The predicted octanol–water partition coefficient (Wildman–Crippen LogP) is 1.82. The van der Waals surface area contributed by atoms with E-state index < -0.39 is 0 Å². The molecule has 0 bridgehead atoms. The van der Waals surface area contributed by atoms with Gasteiger partial charge < -0.3 is 10.3 Å². The van der Waals surface area contributed by atoms with Gasteiger partial charge in [0.15, 0.2) is 11.5 Å². The first-order valence-electron chi connectivity index (χ1n) is 5.96. The number of H-pyrrole nitrogens is 1. The number of nitrogens with one attached hydrogen (secondary N) is 2. The van der Waals surface area contributed by atoms with Gasteiger partial charge in [0.25, 0.3) is 0 Å². The fraction of sp³-hybridized carbons (Fsp3) is 0.182. The summed E-state index contributed by atoms with van der Waals surface area (Å²) in [5.74, 6) is 1.12. The number of imidazole rings is 1. The predicted molar refractivity (Wildman–Crippen MR) is 75.3 cm³/mol. The van der Waals surface area contributed by atoms with Crippen molar-refractivity contribution < 1.29 is 0 Å². The van der Waals surface area contributed by atoms with Gasteiger partial charge in [0.1, 0.15) is 11.8 Å². The van der Waals surface area contributed by atoms with Crippen LogP contribution >= 0.6 is 11.3 Å². The molecule has 0 aliphatic heterocycles. The molecule has 0 radical (unpaired) electrons. The van der Waals surface area contributed by atoms with Crippen LogP contribution in [0.4, 0.5) is 11.8 Å². The molecule has 4 aromatic heterocycles. The lowest BCUT2D eigenvalue weighted by Gasteiger charge is -2.00. The van der Waals surface area contributed by atoms with Crippen molar-refractivity contribution >= 4 is 39.2 Å². The maximum absolute atomic E-state index is 4.45. The average molecular weight is 286 g/mol. The molecule has 20 heavy (non-hydrogen) atoms. The number of hydrogen-bond donors (Lipinski definition) is 2. The number of rotatable bonds is 2. The van der Waals surface area contributed by atoms with Gasteiger partial charge in [0, 0.05) is 4.88 Å². The van der Waals surface area contributed by atoms with E-state index in [1.165, 1.54) is 11.2 Å². The molecule has 0 saturated heterocycles.